The summed E-state index contributed by atoms with van der Waals surface area (Å²) in [7, 11) is 0. The molecule has 4 heteroatoms. The van der Waals surface area contributed by atoms with Crippen LogP contribution in [0.25, 0.3) is 5.65 Å². The number of benzene rings is 1. The predicted octanol–water partition coefficient (Wildman–Crippen LogP) is 1.81. The Hall–Kier alpha value is -2.20. The summed E-state index contributed by atoms with van der Waals surface area (Å²) in [6.45, 7) is 0.0836. The fraction of sp³-hybridized carbons (Fsp3) is 0.143. The van der Waals surface area contributed by atoms with Crippen LogP contribution in [0.4, 0.5) is 0 Å². The highest BCUT2D eigenvalue weighted by atomic mass is 16.3. The van der Waals surface area contributed by atoms with Gasteiger partial charge in [0.05, 0.1) is 18.5 Å². The standard InChI is InChI=1S/C14H13N3O/c18-10-12-3-1-11(2-4-12)7-13-9-17-6-5-15-8-14(17)16-13/h1-6,8-9,18H,7,10H2. The van der Waals surface area contributed by atoms with Gasteiger partial charge in [0.2, 0.25) is 0 Å². The Morgan fingerprint density at radius 3 is 2.61 bits per heavy atom. The summed E-state index contributed by atoms with van der Waals surface area (Å²) < 4.78 is 1.96. The van der Waals surface area contributed by atoms with E-state index in [1.165, 1.54) is 5.56 Å². The highest BCUT2D eigenvalue weighted by Crippen LogP contribution is 2.11. The topological polar surface area (TPSA) is 50.4 Å². The Labute approximate surface area is 105 Å². The first-order valence-electron chi connectivity index (χ1n) is 5.81. The van der Waals surface area contributed by atoms with Crippen LogP contribution in [0.2, 0.25) is 0 Å². The lowest BCUT2D eigenvalue weighted by Crippen LogP contribution is -1.89. The largest absolute Gasteiger partial charge is 0.392 e. The van der Waals surface area contributed by atoms with E-state index < -0.39 is 0 Å². The zero-order chi connectivity index (χ0) is 12.4. The Morgan fingerprint density at radius 2 is 1.89 bits per heavy atom. The molecule has 0 aliphatic carbocycles. The van der Waals surface area contributed by atoms with Crippen LogP contribution in [-0.2, 0) is 13.0 Å². The minimum atomic E-state index is 0.0836. The number of fused-ring (bicyclic) bond motifs is 1. The molecule has 0 aliphatic heterocycles. The summed E-state index contributed by atoms with van der Waals surface area (Å²) in [5.74, 6) is 0. The normalized spacial score (nSPS) is 10.9. The van der Waals surface area contributed by atoms with Crippen LogP contribution in [-0.4, -0.2) is 19.5 Å². The second-order valence-electron chi connectivity index (χ2n) is 4.23. The fourth-order valence-corrected chi connectivity index (χ4v) is 1.95. The number of nitrogens with zero attached hydrogens (tertiary/aromatic N) is 3. The van der Waals surface area contributed by atoms with Crippen molar-refractivity contribution in [2.24, 2.45) is 0 Å². The van der Waals surface area contributed by atoms with E-state index in [1.54, 1.807) is 12.4 Å². The van der Waals surface area contributed by atoms with E-state index in [4.69, 9.17) is 5.11 Å². The summed E-state index contributed by atoms with van der Waals surface area (Å²) in [4.78, 5) is 8.55. The Bertz CT molecular complexity index is 625. The van der Waals surface area contributed by atoms with Crippen molar-refractivity contribution in [2.75, 3.05) is 0 Å². The van der Waals surface area contributed by atoms with Gasteiger partial charge in [-0.25, -0.2) is 4.98 Å². The van der Waals surface area contributed by atoms with Crippen LogP contribution in [0.3, 0.4) is 0 Å². The molecule has 0 amide bonds. The van der Waals surface area contributed by atoms with Gasteiger partial charge in [0.25, 0.3) is 0 Å². The summed E-state index contributed by atoms with van der Waals surface area (Å²) in [6, 6.07) is 7.92. The van der Waals surface area contributed by atoms with Gasteiger partial charge in [-0.15, -0.1) is 0 Å². The van der Waals surface area contributed by atoms with Crippen molar-refractivity contribution >= 4 is 5.65 Å². The first kappa shape index (κ1) is 10.9. The minimum absolute atomic E-state index is 0.0836. The van der Waals surface area contributed by atoms with E-state index in [0.29, 0.717) is 0 Å². The van der Waals surface area contributed by atoms with Gasteiger partial charge in [-0.3, -0.25) is 4.98 Å². The van der Waals surface area contributed by atoms with E-state index in [9.17, 15) is 0 Å². The molecule has 0 aliphatic rings. The first-order chi connectivity index (χ1) is 8.85. The number of rotatable bonds is 3. The summed E-state index contributed by atoms with van der Waals surface area (Å²) >= 11 is 0. The number of aromatic nitrogens is 3. The molecule has 3 aromatic rings. The van der Waals surface area contributed by atoms with Crippen molar-refractivity contribution in [1.82, 2.24) is 14.4 Å². The van der Waals surface area contributed by atoms with Gasteiger partial charge in [0.15, 0.2) is 5.65 Å². The maximum absolute atomic E-state index is 8.99. The third kappa shape index (κ3) is 2.10. The van der Waals surface area contributed by atoms with Crippen LogP contribution in [0, 0.1) is 0 Å². The number of hydrogen-bond acceptors (Lipinski definition) is 3. The van der Waals surface area contributed by atoms with Crippen LogP contribution in [0.5, 0.6) is 0 Å². The molecule has 0 bridgehead atoms. The van der Waals surface area contributed by atoms with Crippen molar-refractivity contribution in [3.63, 3.8) is 0 Å². The highest BCUT2D eigenvalue weighted by Gasteiger charge is 2.02. The lowest BCUT2D eigenvalue weighted by Gasteiger charge is -1.99. The van der Waals surface area contributed by atoms with Gasteiger partial charge in [-0.05, 0) is 11.1 Å². The van der Waals surface area contributed by atoms with Crippen LogP contribution >= 0.6 is 0 Å². The van der Waals surface area contributed by atoms with Crippen LogP contribution in [0.15, 0.2) is 49.1 Å². The average Bonchev–Trinajstić information content (AvgIpc) is 2.82. The molecule has 2 heterocycles. The van der Waals surface area contributed by atoms with Crippen molar-refractivity contribution in [1.29, 1.82) is 0 Å². The van der Waals surface area contributed by atoms with Gasteiger partial charge in [-0.1, -0.05) is 24.3 Å². The van der Waals surface area contributed by atoms with E-state index in [-0.39, 0.29) is 6.61 Å². The van der Waals surface area contributed by atoms with Crippen molar-refractivity contribution in [2.45, 2.75) is 13.0 Å². The zero-order valence-electron chi connectivity index (χ0n) is 9.82. The maximum Gasteiger partial charge on any atom is 0.155 e. The number of aliphatic hydroxyl groups excluding tert-OH is 1. The molecule has 0 fully saturated rings. The van der Waals surface area contributed by atoms with Gasteiger partial charge in [0.1, 0.15) is 0 Å². The van der Waals surface area contributed by atoms with Gasteiger partial charge in [-0.2, -0.15) is 0 Å². The lowest BCUT2D eigenvalue weighted by atomic mass is 10.1. The molecule has 0 atom stereocenters. The smallest absolute Gasteiger partial charge is 0.155 e. The fourth-order valence-electron chi connectivity index (χ4n) is 1.95. The maximum atomic E-state index is 8.99. The van der Waals surface area contributed by atoms with E-state index in [2.05, 4.69) is 9.97 Å². The third-order valence-corrected chi connectivity index (χ3v) is 2.90. The molecular formula is C14H13N3O. The Morgan fingerprint density at radius 1 is 1.11 bits per heavy atom. The molecule has 18 heavy (non-hydrogen) atoms. The molecule has 0 saturated heterocycles. The van der Waals surface area contributed by atoms with Crippen LogP contribution < -0.4 is 0 Å². The number of aliphatic hydroxyl groups is 1. The first-order valence-corrected chi connectivity index (χ1v) is 5.81. The van der Waals surface area contributed by atoms with Gasteiger partial charge >= 0.3 is 0 Å². The van der Waals surface area contributed by atoms with E-state index in [1.807, 2.05) is 41.1 Å². The summed E-state index contributed by atoms with van der Waals surface area (Å²) in [5.41, 5.74) is 3.99. The molecular weight excluding hydrogens is 226 g/mol. The monoisotopic (exact) mass is 239 g/mol. The highest BCUT2D eigenvalue weighted by molar-refractivity contribution is 5.38. The molecule has 1 aromatic carbocycles. The average molecular weight is 239 g/mol. The number of imidazole rings is 1. The molecule has 0 radical (unpaired) electrons. The quantitative estimate of drug-likeness (QED) is 0.758. The van der Waals surface area contributed by atoms with Gasteiger partial charge in [0, 0.05) is 25.0 Å². The molecule has 3 rings (SSSR count). The molecule has 90 valence electrons. The molecule has 0 unspecified atom stereocenters. The van der Waals surface area contributed by atoms with E-state index in [0.717, 1.165) is 23.3 Å². The number of hydrogen-bond donors (Lipinski definition) is 1. The second-order valence-corrected chi connectivity index (χ2v) is 4.23. The zero-order valence-corrected chi connectivity index (χ0v) is 9.82. The molecule has 0 saturated carbocycles. The Balaban J connectivity index is 1.86. The summed E-state index contributed by atoms with van der Waals surface area (Å²) in [6.07, 6.45) is 8.18. The van der Waals surface area contributed by atoms with Crippen molar-refractivity contribution < 1.29 is 5.11 Å². The van der Waals surface area contributed by atoms with E-state index >= 15 is 0 Å². The molecule has 4 nitrogen and oxygen atoms in total. The SMILES string of the molecule is OCc1ccc(Cc2cn3ccncc3n2)cc1. The van der Waals surface area contributed by atoms with Crippen molar-refractivity contribution in [3.05, 3.63) is 65.9 Å². The van der Waals surface area contributed by atoms with Crippen LogP contribution in [0.1, 0.15) is 16.8 Å². The Kier molecular flexibility index (Phi) is 2.78. The second kappa shape index (κ2) is 4.58. The minimum Gasteiger partial charge on any atom is -0.392 e. The summed E-state index contributed by atoms with van der Waals surface area (Å²) in [5, 5.41) is 8.99. The molecule has 0 spiro atoms. The predicted molar refractivity (Wildman–Crippen MR) is 68.2 cm³/mol. The third-order valence-electron chi connectivity index (χ3n) is 2.90. The molecule has 1 N–H and O–H groups in total. The lowest BCUT2D eigenvalue weighted by molar-refractivity contribution is 0.282. The van der Waals surface area contributed by atoms with Gasteiger partial charge < -0.3 is 9.51 Å². The molecule has 2 aromatic heterocycles. The van der Waals surface area contributed by atoms with Crippen molar-refractivity contribution in [3.8, 4) is 0 Å².